The lowest BCUT2D eigenvalue weighted by molar-refractivity contribution is -0.122. The number of thiocarbonyl (C=S) groups is 1. The second-order valence-electron chi connectivity index (χ2n) is 8.31. The first kappa shape index (κ1) is 23.3. The molecule has 1 amide bonds. The molecule has 2 aromatic carbocycles. The van der Waals surface area contributed by atoms with E-state index in [2.05, 4.69) is 19.9 Å². The van der Waals surface area contributed by atoms with Gasteiger partial charge in [-0.3, -0.25) is 9.69 Å². The predicted molar refractivity (Wildman–Crippen MR) is 140 cm³/mol. The molecule has 0 saturated carbocycles. The van der Waals surface area contributed by atoms with Crippen LogP contribution in [-0.4, -0.2) is 38.1 Å². The van der Waals surface area contributed by atoms with Crippen molar-refractivity contribution in [2.24, 2.45) is 5.92 Å². The average Bonchev–Trinajstić information content (AvgIpc) is 3.32. The fourth-order valence-corrected chi connectivity index (χ4v) is 4.97. The van der Waals surface area contributed by atoms with Crippen LogP contribution in [0.5, 0.6) is 5.75 Å². The molecule has 0 spiro atoms. The van der Waals surface area contributed by atoms with E-state index >= 15 is 0 Å². The summed E-state index contributed by atoms with van der Waals surface area (Å²) in [6.07, 6.45) is 3.87. The summed E-state index contributed by atoms with van der Waals surface area (Å²) in [4.78, 5) is 15.4. The second-order valence-corrected chi connectivity index (χ2v) is 9.99. The quantitative estimate of drug-likeness (QED) is 0.304. The fraction of sp³-hybridized carbons (Fsp3) is 0.269. The van der Waals surface area contributed by atoms with E-state index < -0.39 is 0 Å². The summed E-state index contributed by atoms with van der Waals surface area (Å²) < 4.78 is 8.16. The third kappa shape index (κ3) is 5.04. The van der Waals surface area contributed by atoms with Crippen LogP contribution in [0.1, 0.15) is 31.9 Å². The number of carbonyl (C=O) groups is 1. The molecule has 2 heterocycles. The Morgan fingerprint density at radius 3 is 2.61 bits per heavy atom. The van der Waals surface area contributed by atoms with Gasteiger partial charge in [0, 0.05) is 23.9 Å². The number of carbonyl (C=O) groups excluding carboxylic acids is 1. The smallest absolute Gasteiger partial charge is 0.266 e. The van der Waals surface area contributed by atoms with Crippen molar-refractivity contribution in [2.75, 3.05) is 13.2 Å². The van der Waals surface area contributed by atoms with E-state index in [4.69, 9.17) is 22.1 Å². The maximum Gasteiger partial charge on any atom is 0.266 e. The first-order valence-corrected chi connectivity index (χ1v) is 12.2. The van der Waals surface area contributed by atoms with Crippen molar-refractivity contribution < 1.29 is 9.53 Å². The molecule has 0 atom stereocenters. The molecule has 170 valence electrons. The molecule has 1 aliphatic rings. The summed E-state index contributed by atoms with van der Waals surface area (Å²) in [7, 11) is 0. The van der Waals surface area contributed by atoms with Gasteiger partial charge < -0.3 is 4.74 Å². The number of aryl methyl sites for hydroxylation is 1. The second kappa shape index (κ2) is 9.93. The van der Waals surface area contributed by atoms with Gasteiger partial charge in [-0.1, -0.05) is 56.0 Å². The van der Waals surface area contributed by atoms with Crippen molar-refractivity contribution in [1.29, 1.82) is 0 Å². The van der Waals surface area contributed by atoms with Crippen LogP contribution in [0.4, 0.5) is 0 Å². The number of hydrogen-bond donors (Lipinski definition) is 0. The summed E-state index contributed by atoms with van der Waals surface area (Å²) >= 11 is 6.84. The Kier molecular flexibility index (Phi) is 7.00. The number of thioether (sulfide) groups is 1. The largest absolute Gasteiger partial charge is 0.494 e. The van der Waals surface area contributed by atoms with Crippen molar-refractivity contribution >= 4 is 40.3 Å². The molecular formula is C26H27N3O2S2. The maximum atomic E-state index is 13.1. The van der Waals surface area contributed by atoms with Crippen LogP contribution in [0.2, 0.25) is 0 Å². The summed E-state index contributed by atoms with van der Waals surface area (Å²) in [5.41, 5.74) is 4.63. The number of amides is 1. The van der Waals surface area contributed by atoms with Crippen LogP contribution in [0.3, 0.4) is 0 Å². The highest BCUT2D eigenvalue weighted by molar-refractivity contribution is 8.26. The minimum Gasteiger partial charge on any atom is -0.494 e. The Morgan fingerprint density at radius 2 is 1.94 bits per heavy atom. The van der Waals surface area contributed by atoms with Crippen molar-refractivity contribution in [3.05, 3.63) is 70.8 Å². The van der Waals surface area contributed by atoms with Gasteiger partial charge in [-0.2, -0.15) is 5.10 Å². The van der Waals surface area contributed by atoms with Gasteiger partial charge in [-0.05, 0) is 61.7 Å². The Balaban J connectivity index is 1.78. The highest BCUT2D eigenvalue weighted by atomic mass is 32.2. The van der Waals surface area contributed by atoms with Gasteiger partial charge in [-0.25, -0.2) is 4.68 Å². The first-order valence-electron chi connectivity index (χ1n) is 11.0. The number of rotatable bonds is 7. The zero-order valence-electron chi connectivity index (χ0n) is 19.2. The molecule has 0 aliphatic carbocycles. The Morgan fingerprint density at radius 1 is 1.18 bits per heavy atom. The van der Waals surface area contributed by atoms with Crippen LogP contribution in [0.15, 0.2) is 59.6 Å². The van der Waals surface area contributed by atoms with E-state index in [9.17, 15) is 4.79 Å². The third-order valence-electron chi connectivity index (χ3n) is 5.22. The average molecular weight is 478 g/mol. The normalized spacial score (nSPS) is 15.2. The standard InChI is InChI=1S/C26H27N3O2S2/c1-5-31-22-12-11-19(13-18(22)4)24-20(16-29(27-24)21-9-7-6-8-10-21)14-23-25(30)28(15-17(2)3)26(32)33-23/h6-14,16-17H,5,15H2,1-4H3. The zero-order chi connectivity index (χ0) is 23.5. The van der Waals surface area contributed by atoms with Gasteiger partial charge >= 0.3 is 0 Å². The van der Waals surface area contributed by atoms with Gasteiger partial charge in [0.25, 0.3) is 5.91 Å². The third-order valence-corrected chi connectivity index (χ3v) is 6.60. The van der Waals surface area contributed by atoms with Gasteiger partial charge in [0.15, 0.2) is 0 Å². The zero-order valence-corrected chi connectivity index (χ0v) is 20.9. The molecule has 1 saturated heterocycles. The molecule has 5 nitrogen and oxygen atoms in total. The molecule has 33 heavy (non-hydrogen) atoms. The summed E-state index contributed by atoms with van der Waals surface area (Å²) in [5.74, 6) is 1.16. The summed E-state index contributed by atoms with van der Waals surface area (Å²) in [6.45, 7) is 9.40. The lowest BCUT2D eigenvalue weighted by atomic mass is 10.0. The van der Waals surface area contributed by atoms with Crippen LogP contribution in [0.25, 0.3) is 23.0 Å². The van der Waals surface area contributed by atoms with E-state index in [1.54, 1.807) is 4.90 Å². The summed E-state index contributed by atoms with van der Waals surface area (Å²) in [6, 6.07) is 16.0. The molecule has 7 heteroatoms. The summed E-state index contributed by atoms with van der Waals surface area (Å²) in [5, 5.41) is 4.89. The monoisotopic (exact) mass is 477 g/mol. The lowest BCUT2D eigenvalue weighted by Gasteiger charge is -2.16. The van der Waals surface area contributed by atoms with Gasteiger partial charge in [-0.15, -0.1) is 0 Å². The number of para-hydroxylation sites is 1. The van der Waals surface area contributed by atoms with E-state index in [1.165, 1.54) is 11.8 Å². The highest BCUT2D eigenvalue weighted by Crippen LogP contribution is 2.36. The van der Waals surface area contributed by atoms with Crippen LogP contribution < -0.4 is 4.74 Å². The molecule has 1 aliphatic heterocycles. The molecule has 0 N–H and O–H groups in total. The number of benzene rings is 2. The van der Waals surface area contributed by atoms with Crippen LogP contribution in [0, 0.1) is 12.8 Å². The van der Waals surface area contributed by atoms with Crippen molar-refractivity contribution in [3.63, 3.8) is 0 Å². The van der Waals surface area contributed by atoms with E-state index in [1.807, 2.05) is 73.3 Å². The van der Waals surface area contributed by atoms with E-state index in [0.717, 1.165) is 33.8 Å². The predicted octanol–water partition coefficient (Wildman–Crippen LogP) is 6.10. The Labute approximate surface area is 204 Å². The molecule has 0 radical (unpaired) electrons. The molecule has 0 bridgehead atoms. The Hall–Kier alpha value is -2.90. The van der Waals surface area contributed by atoms with E-state index in [-0.39, 0.29) is 5.91 Å². The Bertz CT molecular complexity index is 1220. The molecule has 1 aromatic heterocycles. The SMILES string of the molecule is CCOc1ccc(-c2nn(-c3ccccc3)cc2C=C2SC(=S)N(CC(C)C)C2=O)cc1C. The topological polar surface area (TPSA) is 47.4 Å². The van der Waals surface area contributed by atoms with Gasteiger partial charge in [0.05, 0.1) is 17.2 Å². The van der Waals surface area contributed by atoms with Crippen LogP contribution >= 0.6 is 24.0 Å². The van der Waals surface area contributed by atoms with Crippen molar-refractivity contribution in [2.45, 2.75) is 27.7 Å². The minimum atomic E-state index is -0.0417. The van der Waals surface area contributed by atoms with E-state index in [0.29, 0.717) is 28.3 Å². The number of nitrogens with zero attached hydrogens (tertiary/aromatic N) is 3. The molecule has 3 aromatic rings. The highest BCUT2D eigenvalue weighted by Gasteiger charge is 2.32. The molecular weight excluding hydrogens is 450 g/mol. The maximum absolute atomic E-state index is 13.1. The minimum absolute atomic E-state index is 0.0417. The lowest BCUT2D eigenvalue weighted by Crippen LogP contribution is -2.31. The van der Waals surface area contributed by atoms with Crippen LogP contribution in [-0.2, 0) is 4.79 Å². The van der Waals surface area contributed by atoms with Crippen molar-refractivity contribution in [3.8, 4) is 22.7 Å². The molecule has 4 rings (SSSR count). The number of aromatic nitrogens is 2. The number of ether oxygens (including phenoxy) is 1. The fourth-order valence-electron chi connectivity index (χ4n) is 3.71. The first-order chi connectivity index (χ1) is 15.9. The molecule has 0 unspecified atom stereocenters. The van der Waals surface area contributed by atoms with Crippen molar-refractivity contribution in [1.82, 2.24) is 14.7 Å². The van der Waals surface area contributed by atoms with Gasteiger partial charge in [0.1, 0.15) is 15.8 Å². The molecule has 1 fully saturated rings. The van der Waals surface area contributed by atoms with Gasteiger partial charge in [0.2, 0.25) is 0 Å². The number of hydrogen-bond acceptors (Lipinski definition) is 5.